The number of halogens is 2. The molecule has 1 unspecified atom stereocenters. The van der Waals surface area contributed by atoms with Crippen LogP contribution in [0.3, 0.4) is 0 Å². The Morgan fingerprint density at radius 3 is 2.58 bits per heavy atom. The number of rotatable bonds is 3. The van der Waals surface area contributed by atoms with Crippen molar-refractivity contribution in [1.82, 2.24) is 19.8 Å². The van der Waals surface area contributed by atoms with Gasteiger partial charge in [-0.25, -0.2) is 0 Å². The molecule has 0 saturated carbocycles. The fourth-order valence-electron chi connectivity index (χ4n) is 3.14. The molecule has 0 bridgehead atoms. The van der Waals surface area contributed by atoms with Crippen LogP contribution in [-0.4, -0.2) is 44.0 Å². The molecule has 1 saturated heterocycles. The Hall–Kier alpha value is -2.38. The fourth-order valence-corrected chi connectivity index (χ4v) is 3.67. The lowest BCUT2D eigenvalue weighted by Crippen LogP contribution is -2.32. The zero-order valence-electron chi connectivity index (χ0n) is 13.9. The van der Waals surface area contributed by atoms with Crippen molar-refractivity contribution in [1.29, 1.82) is 0 Å². The summed E-state index contributed by atoms with van der Waals surface area (Å²) in [6.07, 6.45) is 0.570. The molecule has 0 radical (unpaired) electrons. The van der Waals surface area contributed by atoms with Gasteiger partial charge in [-0.05, 0) is 43.7 Å². The lowest BCUT2D eigenvalue weighted by atomic mass is 9.90. The second kappa shape index (κ2) is 6.10. The molecule has 7 nitrogen and oxygen atoms in total. The summed E-state index contributed by atoms with van der Waals surface area (Å²) >= 11 is 12.2. The summed E-state index contributed by atoms with van der Waals surface area (Å²) in [4.78, 5) is 13.4. The molecule has 3 aromatic rings. The van der Waals surface area contributed by atoms with E-state index in [1.165, 1.54) is 0 Å². The van der Waals surface area contributed by atoms with Crippen LogP contribution in [-0.2, 0) is 4.79 Å². The van der Waals surface area contributed by atoms with E-state index in [-0.39, 0.29) is 0 Å². The molecule has 1 fully saturated rings. The lowest BCUT2D eigenvalue weighted by Gasteiger charge is -2.20. The highest BCUT2D eigenvalue weighted by Gasteiger charge is 2.41. The predicted octanol–water partition coefficient (Wildman–Crippen LogP) is 3.40. The Labute approximate surface area is 159 Å². The van der Waals surface area contributed by atoms with Gasteiger partial charge in [0, 0.05) is 28.7 Å². The Morgan fingerprint density at radius 2 is 1.92 bits per heavy atom. The van der Waals surface area contributed by atoms with Crippen molar-refractivity contribution < 1.29 is 9.90 Å². The first-order valence-electron chi connectivity index (χ1n) is 8.03. The maximum absolute atomic E-state index is 11.5. The minimum atomic E-state index is -0.792. The van der Waals surface area contributed by atoms with E-state index in [0.29, 0.717) is 52.4 Å². The zero-order valence-corrected chi connectivity index (χ0v) is 15.4. The number of carboxylic acids is 1. The summed E-state index contributed by atoms with van der Waals surface area (Å²) in [6.45, 7) is 2.79. The normalized spacial score (nSPS) is 20.0. The van der Waals surface area contributed by atoms with Gasteiger partial charge in [-0.3, -0.25) is 4.79 Å². The highest BCUT2D eigenvalue weighted by atomic mass is 35.5. The molecular formula is C17H15Cl2N5O2. The zero-order chi connectivity index (χ0) is 18.5. The van der Waals surface area contributed by atoms with Crippen LogP contribution in [0, 0.1) is 5.41 Å². The number of anilines is 1. The number of carbonyl (C=O) groups is 1. The molecule has 9 heteroatoms. The molecule has 2 aromatic heterocycles. The van der Waals surface area contributed by atoms with Gasteiger partial charge in [0.2, 0.25) is 0 Å². The number of nitrogens with zero attached hydrogens (tertiary/aromatic N) is 5. The van der Waals surface area contributed by atoms with Crippen molar-refractivity contribution in [3.8, 4) is 11.4 Å². The Kier molecular flexibility index (Phi) is 4.00. The van der Waals surface area contributed by atoms with E-state index in [9.17, 15) is 9.90 Å². The number of benzene rings is 1. The first-order chi connectivity index (χ1) is 12.4. The summed E-state index contributed by atoms with van der Waals surface area (Å²) in [5.74, 6) is 0.405. The standard InChI is InChI=1S/C17H15Cl2N5O2/c1-17(16(25)26)4-5-23(9-17)14-3-2-13-20-21-15(24(13)22-14)10-6-11(18)8-12(19)7-10/h2-3,6-8H,4-5,9H2,1H3,(H,25,26). The Balaban J connectivity index is 1.75. The average molecular weight is 392 g/mol. The minimum Gasteiger partial charge on any atom is -0.481 e. The first kappa shape index (κ1) is 17.1. The van der Waals surface area contributed by atoms with E-state index in [1.54, 1.807) is 35.7 Å². The quantitative estimate of drug-likeness (QED) is 0.736. The van der Waals surface area contributed by atoms with Gasteiger partial charge in [0.05, 0.1) is 5.41 Å². The van der Waals surface area contributed by atoms with Gasteiger partial charge in [-0.15, -0.1) is 15.3 Å². The third kappa shape index (κ3) is 2.87. The number of carboxylic acid groups (broad SMARTS) is 1. The van der Waals surface area contributed by atoms with Gasteiger partial charge < -0.3 is 10.0 Å². The fraction of sp³-hybridized carbons (Fsp3) is 0.294. The van der Waals surface area contributed by atoms with E-state index < -0.39 is 11.4 Å². The van der Waals surface area contributed by atoms with Gasteiger partial charge in [-0.2, -0.15) is 4.52 Å². The smallest absolute Gasteiger partial charge is 0.311 e. The minimum absolute atomic E-state index is 0.404. The number of hydrogen-bond donors (Lipinski definition) is 1. The first-order valence-corrected chi connectivity index (χ1v) is 8.79. The topological polar surface area (TPSA) is 83.6 Å². The van der Waals surface area contributed by atoms with Crippen molar-refractivity contribution in [2.45, 2.75) is 13.3 Å². The van der Waals surface area contributed by atoms with Crippen molar-refractivity contribution in [2.75, 3.05) is 18.0 Å². The van der Waals surface area contributed by atoms with Crippen LogP contribution in [0.1, 0.15) is 13.3 Å². The highest BCUT2D eigenvalue weighted by molar-refractivity contribution is 6.35. The van der Waals surface area contributed by atoms with Crippen LogP contribution in [0.4, 0.5) is 5.82 Å². The van der Waals surface area contributed by atoms with Crippen LogP contribution in [0.2, 0.25) is 10.0 Å². The number of aliphatic carboxylic acids is 1. The molecule has 0 spiro atoms. The van der Waals surface area contributed by atoms with Gasteiger partial charge in [0.1, 0.15) is 5.82 Å². The molecule has 1 N–H and O–H groups in total. The molecule has 1 aliphatic heterocycles. The van der Waals surface area contributed by atoms with E-state index in [0.717, 1.165) is 0 Å². The van der Waals surface area contributed by atoms with Crippen LogP contribution in [0.5, 0.6) is 0 Å². The monoisotopic (exact) mass is 391 g/mol. The van der Waals surface area contributed by atoms with Crippen molar-refractivity contribution in [3.63, 3.8) is 0 Å². The Morgan fingerprint density at radius 1 is 1.19 bits per heavy atom. The van der Waals surface area contributed by atoms with Crippen LogP contribution < -0.4 is 4.90 Å². The van der Waals surface area contributed by atoms with Gasteiger partial charge >= 0.3 is 5.97 Å². The van der Waals surface area contributed by atoms with E-state index >= 15 is 0 Å². The second-order valence-electron chi connectivity index (χ2n) is 6.68. The molecule has 1 aliphatic rings. The summed E-state index contributed by atoms with van der Waals surface area (Å²) < 4.78 is 1.62. The van der Waals surface area contributed by atoms with Crippen molar-refractivity contribution >= 4 is 40.6 Å². The van der Waals surface area contributed by atoms with Gasteiger partial charge in [0.15, 0.2) is 11.5 Å². The third-order valence-electron chi connectivity index (χ3n) is 4.68. The summed E-state index contributed by atoms with van der Waals surface area (Å²) in [5, 5.41) is 23.4. The largest absolute Gasteiger partial charge is 0.481 e. The third-order valence-corrected chi connectivity index (χ3v) is 5.12. The van der Waals surface area contributed by atoms with Crippen LogP contribution >= 0.6 is 23.2 Å². The summed E-state index contributed by atoms with van der Waals surface area (Å²) in [6, 6.07) is 8.77. The van der Waals surface area contributed by atoms with Crippen molar-refractivity contribution in [2.24, 2.45) is 5.41 Å². The molecule has 134 valence electrons. The maximum atomic E-state index is 11.5. The molecule has 1 atom stereocenters. The summed E-state index contributed by atoms with van der Waals surface area (Å²) in [5.41, 5.74) is 0.518. The van der Waals surface area contributed by atoms with E-state index in [2.05, 4.69) is 15.3 Å². The van der Waals surface area contributed by atoms with E-state index in [4.69, 9.17) is 23.2 Å². The van der Waals surface area contributed by atoms with E-state index in [1.807, 2.05) is 11.0 Å². The molecule has 26 heavy (non-hydrogen) atoms. The van der Waals surface area contributed by atoms with Crippen LogP contribution in [0.25, 0.3) is 17.0 Å². The maximum Gasteiger partial charge on any atom is 0.311 e. The molecule has 1 aromatic carbocycles. The van der Waals surface area contributed by atoms with Gasteiger partial charge in [0.25, 0.3) is 0 Å². The van der Waals surface area contributed by atoms with Crippen LogP contribution in [0.15, 0.2) is 30.3 Å². The second-order valence-corrected chi connectivity index (χ2v) is 7.55. The molecule has 4 rings (SSSR count). The average Bonchev–Trinajstić information content (AvgIpc) is 3.18. The highest BCUT2D eigenvalue weighted by Crippen LogP contribution is 2.33. The number of fused-ring (bicyclic) bond motifs is 1. The predicted molar refractivity (Wildman–Crippen MR) is 98.8 cm³/mol. The molecule has 0 amide bonds. The van der Waals surface area contributed by atoms with Crippen molar-refractivity contribution in [3.05, 3.63) is 40.4 Å². The SMILES string of the molecule is CC1(C(=O)O)CCN(c2ccc3nnc(-c4cc(Cl)cc(Cl)c4)n3n2)C1. The molecular weight excluding hydrogens is 377 g/mol. The van der Waals surface area contributed by atoms with Gasteiger partial charge in [-0.1, -0.05) is 23.2 Å². The number of aromatic nitrogens is 4. The summed E-state index contributed by atoms with van der Waals surface area (Å²) in [7, 11) is 0. The molecule has 3 heterocycles. The lowest BCUT2D eigenvalue weighted by molar-refractivity contribution is -0.146. The Bertz CT molecular complexity index is 1000. The molecule has 0 aliphatic carbocycles. The number of hydrogen-bond acceptors (Lipinski definition) is 5.